The number of nitrogens with one attached hydrogen (secondary N) is 1. The van der Waals surface area contributed by atoms with Gasteiger partial charge in [0.1, 0.15) is 12.4 Å². The summed E-state index contributed by atoms with van der Waals surface area (Å²) in [5.74, 6) is 1.09. The number of methoxy groups -OCH3 is 1. The number of rotatable bonds is 8. The molecule has 134 valence electrons. The fourth-order valence-corrected chi connectivity index (χ4v) is 2.63. The van der Waals surface area contributed by atoms with Gasteiger partial charge in [-0.1, -0.05) is 29.3 Å². The van der Waals surface area contributed by atoms with E-state index in [0.29, 0.717) is 28.9 Å². The highest BCUT2D eigenvalue weighted by Crippen LogP contribution is 2.32. The van der Waals surface area contributed by atoms with Crippen molar-refractivity contribution in [1.29, 1.82) is 0 Å². The first kappa shape index (κ1) is 19.4. The van der Waals surface area contributed by atoms with Gasteiger partial charge in [-0.25, -0.2) is 0 Å². The molecule has 0 atom stereocenters. The van der Waals surface area contributed by atoms with Gasteiger partial charge in [-0.2, -0.15) is 0 Å². The van der Waals surface area contributed by atoms with E-state index in [1.54, 1.807) is 49.6 Å². The minimum Gasteiger partial charge on any atom is -0.497 e. The van der Waals surface area contributed by atoms with Crippen molar-refractivity contribution in [1.82, 2.24) is 4.90 Å². The SMILES string of the molecule is COc1ccc(NC(=O)CN(C)CCOc2c(Cl)cccc2Cl)cc1. The van der Waals surface area contributed by atoms with Crippen LogP contribution in [0.4, 0.5) is 5.69 Å². The maximum atomic E-state index is 12.1. The third-order valence-electron chi connectivity index (χ3n) is 3.43. The van der Waals surface area contributed by atoms with Gasteiger partial charge in [0.15, 0.2) is 5.75 Å². The lowest BCUT2D eigenvalue weighted by Crippen LogP contribution is -2.33. The Morgan fingerprint density at radius 2 is 1.76 bits per heavy atom. The summed E-state index contributed by atoms with van der Waals surface area (Å²) in [4.78, 5) is 13.9. The van der Waals surface area contributed by atoms with Crippen LogP contribution in [0.5, 0.6) is 11.5 Å². The molecule has 1 N–H and O–H groups in total. The molecule has 1 amide bonds. The summed E-state index contributed by atoms with van der Waals surface area (Å²) < 4.78 is 10.7. The predicted octanol–water partition coefficient (Wildman–Crippen LogP) is 3.95. The number of hydrogen-bond acceptors (Lipinski definition) is 4. The molecule has 25 heavy (non-hydrogen) atoms. The topological polar surface area (TPSA) is 50.8 Å². The largest absolute Gasteiger partial charge is 0.497 e. The van der Waals surface area contributed by atoms with Crippen LogP contribution in [0.25, 0.3) is 0 Å². The second kappa shape index (κ2) is 9.51. The molecule has 0 aliphatic carbocycles. The van der Waals surface area contributed by atoms with E-state index in [1.165, 1.54) is 0 Å². The zero-order valence-electron chi connectivity index (χ0n) is 14.1. The highest BCUT2D eigenvalue weighted by molar-refractivity contribution is 6.37. The third kappa shape index (κ3) is 6.12. The van der Waals surface area contributed by atoms with Gasteiger partial charge >= 0.3 is 0 Å². The number of amides is 1. The van der Waals surface area contributed by atoms with Crippen LogP contribution >= 0.6 is 23.2 Å². The summed E-state index contributed by atoms with van der Waals surface area (Å²) in [5.41, 5.74) is 0.721. The van der Waals surface area contributed by atoms with Gasteiger partial charge in [-0.15, -0.1) is 0 Å². The van der Waals surface area contributed by atoms with Gasteiger partial charge in [0.2, 0.25) is 5.91 Å². The summed E-state index contributed by atoms with van der Waals surface area (Å²) >= 11 is 12.1. The second-order valence-electron chi connectivity index (χ2n) is 5.41. The third-order valence-corrected chi connectivity index (χ3v) is 4.02. The first-order valence-electron chi connectivity index (χ1n) is 7.69. The fraction of sp³-hybridized carbons (Fsp3) is 0.278. The molecule has 0 spiro atoms. The molecular formula is C18H20Cl2N2O3. The van der Waals surface area contributed by atoms with Crippen molar-refractivity contribution >= 4 is 34.8 Å². The molecule has 0 saturated heterocycles. The van der Waals surface area contributed by atoms with Crippen molar-refractivity contribution in [2.24, 2.45) is 0 Å². The highest BCUT2D eigenvalue weighted by atomic mass is 35.5. The quantitative estimate of drug-likeness (QED) is 0.750. The second-order valence-corrected chi connectivity index (χ2v) is 6.23. The fourth-order valence-electron chi connectivity index (χ4n) is 2.12. The van der Waals surface area contributed by atoms with Crippen molar-refractivity contribution in [2.45, 2.75) is 0 Å². The van der Waals surface area contributed by atoms with Crippen LogP contribution in [0.3, 0.4) is 0 Å². The van der Waals surface area contributed by atoms with Gasteiger partial charge in [-0.05, 0) is 43.4 Å². The zero-order chi connectivity index (χ0) is 18.2. The van der Waals surface area contributed by atoms with Crippen molar-refractivity contribution in [3.05, 3.63) is 52.5 Å². The van der Waals surface area contributed by atoms with Gasteiger partial charge < -0.3 is 14.8 Å². The smallest absolute Gasteiger partial charge is 0.238 e. The van der Waals surface area contributed by atoms with Gasteiger partial charge in [0.25, 0.3) is 0 Å². The average Bonchev–Trinajstić information content (AvgIpc) is 2.58. The molecule has 0 aliphatic heterocycles. The molecule has 0 aromatic heterocycles. The summed E-state index contributed by atoms with van der Waals surface area (Å²) in [7, 11) is 3.44. The van der Waals surface area contributed by atoms with E-state index in [9.17, 15) is 4.79 Å². The molecule has 5 nitrogen and oxygen atoms in total. The minimum absolute atomic E-state index is 0.108. The Balaban J connectivity index is 1.75. The van der Waals surface area contributed by atoms with E-state index in [0.717, 1.165) is 11.4 Å². The van der Waals surface area contributed by atoms with E-state index in [1.807, 2.05) is 11.9 Å². The van der Waals surface area contributed by atoms with Crippen LogP contribution in [-0.4, -0.2) is 44.7 Å². The number of hydrogen-bond donors (Lipinski definition) is 1. The lowest BCUT2D eigenvalue weighted by atomic mass is 10.3. The van der Waals surface area contributed by atoms with Gasteiger partial charge in [0, 0.05) is 12.2 Å². The monoisotopic (exact) mass is 382 g/mol. The standard InChI is InChI=1S/C18H20Cl2N2O3/c1-22(10-11-25-18-15(19)4-3-5-16(18)20)12-17(23)21-13-6-8-14(24-2)9-7-13/h3-9H,10-12H2,1-2H3,(H,21,23). The molecule has 0 radical (unpaired) electrons. The Labute approximate surface area is 157 Å². The van der Waals surface area contributed by atoms with E-state index in [2.05, 4.69) is 5.32 Å². The van der Waals surface area contributed by atoms with Crippen LogP contribution < -0.4 is 14.8 Å². The Bertz CT molecular complexity index is 688. The lowest BCUT2D eigenvalue weighted by molar-refractivity contribution is -0.117. The number of para-hydroxylation sites is 1. The van der Waals surface area contributed by atoms with E-state index in [-0.39, 0.29) is 12.5 Å². The van der Waals surface area contributed by atoms with Crippen LogP contribution in [-0.2, 0) is 4.79 Å². The molecule has 0 unspecified atom stereocenters. The molecule has 7 heteroatoms. The van der Waals surface area contributed by atoms with Crippen LogP contribution in [0, 0.1) is 0 Å². The number of ether oxygens (including phenoxy) is 2. The van der Waals surface area contributed by atoms with E-state index >= 15 is 0 Å². The maximum absolute atomic E-state index is 12.1. The molecule has 0 saturated carbocycles. The molecule has 0 heterocycles. The lowest BCUT2D eigenvalue weighted by Gasteiger charge is -2.17. The van der Waals surface area contributed by atoms with Crippen LogP contribution in [0.15, 0.2) is 42.5 Å². The molecule has 2 aromatic rings. The predicted molar refractivity (Wildman–Crippen MR) is 101 cm³/mol. The Hall–Kier alpha value is -1.95. The summed E-state index contributed by atoms with van der Waals surface area (Å²) in [6.07, 6.45) is 0. The number of carbonyl (C=O) groups excluding carboxylic acids is 1. The van der Waals surface area contributed by atoms with Crippen LogP contribution in [0.1, 0.15) is 0 Å². The van der Waals surface area contributed by atoms with E-state index in [4.69, 9.17) is 32.7 Å². The maximum Gasteiger partial charge on any atom is 0.238 e. The molecule has 2 rings (SSSR count). The molecular weight excluding hydrogens is 363 g/mol. The van der Waals surface area contributed by atoms with Crippen LogP contribution in [0.2, 0.25) is 10.0 Å². The zero-order valence-corrected chi connectivity index (χ0v) is 15.6. The van der Waals surface area contributed by atoms with E-state index < -0.39 is 0 Å². The summed E-state index contributed by atoms with van der Waals surface area (Å²) in [6, 6.07) is 12.4. The molecule has 0 aliphatic rings. The molecule has 2 aromatic carbocycles. The number of likely N-dealkylation sites (N-methyl/N-ethyl adjacent to an activating group) is 1. The minimum atomic E-state index is -0.108. The normalized spacial score (nSPS) is 10.6. The number of benzene rings is 2. The Morgan fingerprint density at radius 3 is 2.36 bits per heavy atom. The van der Waals surface area contributed by atoms with Gasteiger partial charge in [0.05, 0.1) is 23.7 Å². The molecule has 0 fully saturated rings. The number of halogens is 2. The number of carbonyl (C=O) groups is 1. The average molecular weight is 383 g/mol. The first-order chi connectivity index (χ1) is 12.0. The molecule has 0 bridgehead atoms. The number of anilines is 1. The highest BCUT2D eigenvalue weighted by Gasteiger charge is 2.10. The van der Waals surface area contributed by atoms with Crippen molar-refractivity contribution in [3.63, 3.8) is 0 Å². The summed E-state index contributed by atoms with van der Waals surface area (Å²) in [6.45, 7) is 1.17. The van der Waals surface area contributed by atoms with Crippen molar-refractivity contribution < 1.29 is 14.3 Å². The van der Waals surface area contributed by atoms with Crippen molar-refractivity contribution in [2.75, 3.05) is 39.2 Å². The Kier molecular flexibility index (Phi) is 7.37. The van der Waals surface area contributed by atoms with Gasteiger partial charge in [-0.3, -0.25) is 9.69 Å². The van der Waals surface area contributed by atoms with Crippen molar-refractivity contribution in [3.8, 4) is 11.5 Å². The Morgan fingerprint density at radius 1 is 1.12 bits per heavy atom. The summed E-state index contributed by atoms with van der Waals surface area (Å²) in [5, 5.41) is 3.76. The first-order valence-corrected chi connectivity index (χ1v) is 8.44. The number of nitrogens with zero attached hydrogens (tertiary/aromatic N) is 1.